The number of aromatic nitrogens is 1. The first kappa shape index (κ1) is 22.4. The van der Waals surface area contributed by atoms with Crippen LogP contribution in [0.1, 0.15) is 36.5 Å². The first-order valence-electron chi connectivity index (χ1n) is 10.4. The molecule has 0 saturated carbocycles. The van der Waals surface area contributed by atoms with Gasteiger partial charge < -0.3 is 24.9 Å². The molecular weight excluding hydrogens is 392 g/mol. The minimum atomic E-state index is -1.16. The molecule has 0 aliphatic heterocycles. The molecule has 7 nitrogen and oxygen atoms in total. The highest BCUT2D eigenvalue weighted by Crippen LogP contribution is 2.22. The molecule has 0 saturated heterocycles. The number of furan rings is 1. The molecular formula is C24H30N4O3. The summed E-state index contributed by atoms with van der Waals surface area (Å²) in [5, 5.41) is 17.1. The van der Waals surface area contributed by atoms with Gasteiger partial charge in [0.2, 0.25) is 5.88 Å². The number of hydrogen-bond donors (Lipinski definition) is 3. The Morgan fingerprint density at radius 3 is 2.65 bits per heavy atom. The smallest absolute Gasteiger partial charge is 0.218 e. The van der Waals surface area contributed by atoms with Crippen LogP contribution in [0.25, 0.3) is 0 Å². The molecule has 31 heavy (non-hydrogen) atoms. The summed E-state index contributed by atoms with van der Waals surface area (Å²) >= 11 is 0. The Labute approximate surface area is 183 Å². The fraction of sp³-hybridized carbons (Fsp3) is 0.333. The second-order valence-electron chi connectivity index (χ2n) is 7.47. The van der Waals surface area contributed by atoms with Crippen LogP contribution < -0.4 is 15.4 Å². The van der Waals surface area contributed by atoms with Crippen molar-refractivity contribution in [1.82, 2.24) is 15.6 Å². The third kappa shape index (κ3) is 6.58. The van der Waals surface area contributed by atoms with Crippen molar-refractivity contribution >= 4 is 5.96 Å². The Kier molecular flexibility index (Phi) is 7.67. The molecule has 1 atom stereocenters. The molecule has 0 bridgehead atoms. The predicted octanol–water partition coefficient (Wildman–Crippen LogP) is 3.52. The zero-order valence-corrected chi connectivity index (χ0v) is 18.3. The third-order valence-electron chi connectivity index (χ3n) is 4.69. The molecule has 0 fully saturated rings. The number of pyridine rings is 1. The van der Waals surface area contributed by atoms with Crippen molar-refractivity contribution in [3.05, 3.63) is 83.4 Å². The van der Waals surface area contributed by atoms with Crippen LogP contribution in [0.4, 0.5) is 0 Å². The van der Waals surface area contributed by atoms with Crippen molar-refractivity contribution in [2.24, 2.45) is 4.99 Å². The first-order chi connectivity index (χ1) is 15.0. The minimum absolute atomic E-state index is 0.246. The fourth-order valence-corrected chi connectivity index (χ4v) is 2.97. The topological polar surface area (TPSA) is 91.9 Å². The van der Waals surface area contributed by atoms with Crippen LogP contribution in [0.3, 0.4) is 0 Å². The van der Waals surface area contributed by atoms with Gasteiger partial charge in [-0.1, -0.05) is 36.4 Å². The molecule has 0 spiro atoms. The minimum Gasteiger partial charge on any atom is -0.473 e. The molecule has 0 radical (unpaired) electrons. The van der Waals surface area contributed by atoms with Crippen LogP contribution in [0.2, 0.25) is 0 Å². The Hall–Kier alpha value is -3.32. The Morgan fingerprint density at radius 1 is 1.13 bits per heavy atom. The van der Waals surface area contributed by atoms with E-state index in [0.717, 1.165) is 16.9 Å². The number of aliphatic hydroxyl groups is 1. The second-order valence-corrected chi connectivity index (χ2v) is 7.47. The van der Waals surface area contributed by atoms with E-state index in [2.05, 4.69) is 20.6 Å². The normalized spacial score (nSPS) is 13.5. The molecule has 0 amide bonds. The van der Waals surface area contributed by atoms with Gasteiger partial charge in [-0.2, -0.15) is 0 Å². The summed E-state index contributed by atoms with van der Waals surface area (Å²) in [6.07, 6.45) is 1.71. The number of ether oxygens (including phenoxy) is 1. The van der Waals surface area contributed by atoms with E-state index < -0.39 is 5.60 Å². The molecule has 2 aromatic heterocycles. The van der Waals surface area contributed by atoms with Crippen molar-refractivity contribution in [3.8, 4) is 5.88 Å². The fourth-order valence-electron chi connectivity index (χ4n) is 2.97. The van der Waals surface area contributed by atoms with E-state index in [-0.39, 0.29) is 6.54 Å². The van der Waals surface area contributed by atoms with E-state index in [0.29, 0.717) is 37.3 Å². The van der Waals surface area contributed by atoms with Crippen LogP contribution in [0.5, 0.6) is 5.88 Å². The van der Waals surface area contributed by atoms with Crippen molar-refractivity contribution in [1.29, 1.82) is 0 Å². The van der Waals surface area contributed by atoms with E-state index in [1.54, 1.807) is 19.2 Å². The van der Waals surface area contributed by atoms with E-state index in [9.17, 15) is 5.11 Å². The van der Waals surface area contributed by atoms with E-state index >= 15 is 0 Å². The van der Waals surface area contributed by atoms with Gasteiger partial charge >= 0.3 is 0 Å². The van der Waals surface area contributed by atoms with Crippen LogP contribution in [-0.2, 0) is 18.8 Å². The monoisotopic (exact) mass is 422 g/mol. The standard InChI is InChI=1S/C24H30N4O3/c1-4-25-23(28-17-24(3,29)21-13-12-18(2)31-21)27-15-20-11-8-14-26-22(20)30-16-19-9-6-5-7-10-19/h5-14,29H,4,15-17H2,1-3H3,(H2,25,27,28). The van der Waals surface area contributed by atoms with Gasteiger partial charge in [0.1, 0.15) is 23.7 Å². The van der Waals surface area contributed by atoms with Crippen molar-refractivity contribution < 1.29 is 14.3 Å². The molecule has 3 N–H and O–H groups in total. The second kappa shape index (κ2) is 10.6. The average molecular weight is 423 g/mol. The summed E-state index contributed by atoms with van der Waals surface area (Å²) in [4.78, 5) is 8.99. The van der Waals surface area contributed by atoms with Crippen molar-refractivity contribution in [3.63, 3.8) is 0 Å². The van der Waals surface area contributed by atoms with Crippen LogP contribution >= 0.6 is 0 Å². The van der Waals surface area contributed by atoms with E-state index in [1.165, 1.54) is 0 Å². The van der Waals surface area contributed by atoms with Crippen LogP contribution in [0.15, 0.2) is 70.2 Å². The Morgan fingerprint density at radius 2 is 1.94 bits per heavy atom. The number of hydrogen-bond acceptors (Lipinski definition) is 5. The lowest BCUT2D eigenvalue weighted by Gasteiger charge is -2.23. The van der Waals surface area contributed by atoms with Gasteiger partial charge in [0.05, 0.1) is 13.1 Å². The Bertz CT molecular complexity index is 983. The highest BCUT2D eigenvalue weighted by Gasteiger charge is 2.27. The zero-order chi connectivity index (χ0) is 22.1. The van der Waals surface area contributed by atoms with Crippen molar-refractivity contribution in [2.75, 3.05) is 13.1 Å². The zero-order valence-electron chi connectivity index (χ0n) is 18.3. The van der Waals surface area contributed by atoms with Crippen LogP contribution in [0, 0.1) is 6.92 Å². The average Bonchev–Trinajstić information content (AvgIpc) is 3.23. The van der Waals surface area contributed by atoms with Gasteiger partial charge in [0, 0.05) is 18.3 Å². The van der Waals surface area contributed by atoms with Gasteiger partial charge in [-0.25, -0.2) is 9.98 Å². The van der Waals surface area contributed by atoms with Crippen molar-refractivity contribution in [2.45, 2.75) is 39.5 Å². The van der Waals surface area contributed by atoms with Crippen LogP contribution in [-0.4, -0.2) is 29.1 Å². The molecule has 3 rings (SSSR count). The molecule has 164 valence electrons. The lowest BCUT2D eigenvalue weighted by atomic mass is 10.0. The third-order valence-corrected chi connectivity index (χ3v) is 4.69. The lowest BCUT2D eigenvalue weighted by Crippen LogP contribution is -2.44. The summed E-state index contributed by atoms with van der Waals surface area (Å²) in [5.74, 6) is 2.42. The summed E-state index contributed by atoms with van der Waals surface area (Å²) in [7, 11) is 0. The first-order valence-corrected chi connectivity index (χ1v) is 10.4. The molecule has 3 aromatic rings. The van der Waals surface area contributed by atoms with Gasteiger partial charge in [0.15, 0.2) is 5.96 Å². The van der Waals surface area contributed by atoms with Gasteiger partial charge in [-0.05, 0) is 44.5 Å². The summed E-state index contributed by atoms with van der Waals surface area (Å²) in [6, 6.07) is 17.4. The number of benzene rings is 1. The summed E-state index contributed by atoms with van der Waals surface area (Å²) in [5.41, 5.74) is 0.792. The van der Waals surface area contributed by atoms with Gasteiger partial charge in [-0.3, -0.25) is 0 Å². The predicted molar refractivity (Wildman–Crippen MR) is 121 cm³/mol. The molecule has 1 unspecified atom stereocenters. The maximum absolute atomic E-state index is 10.8. The summed E-state index contributed by atoms with van der Waals surface area (Å²) < 4.78 is 11.5. The number of rotatable bonds is 9. The molecule has 0 aliphatic rings. The molecule has 0 aliphatic carbocycles. The number of aryl methyl sites for hydroxylation is 1. The number of guanidine groups is 1. The Balaban J connectivity index is 1.65. The number of aliphatic imine (C=N–C) groups is 1. The largest absolute Gasteiger partial charge is 0.473 e. The SMILES string of the molecule is CCNC(=NCc1cccnc1OCc1ccccc1)NCC(C)(O)c1ccc(C)o1. The number of nitrogens with zero attached hydrogens (tertiary/aromatic N) is 2. The van der Waals surface area contributed by atoms with Gasteiger partial charge in [-0.15, -0.1) is 0 Å². The quantitative estimate of drug-likeness (QED) is 0.361. The molecule has 7 heteroatoms. The molecule has 1 aromatic carbocycles. The maximum Gasteiger partial charge on any atom is 0.218 e. The maximum atomic E-state index is 10.8. The van der Waals surface area contributed by atoms with E-state index in [4.69, 9.17) is 9.15 Å². The highest BCUT2D eigenvalue weighted by atomic mass is 16.5. The summed E-state index contributed by atoms with van der Waals surface area (Å²) in [6.45, 7) is 7.31. The van der Waals surface area contributed by atoms with Gasteiger partial charge in [0.25, 0.3) is 0 Å². The molecule has 2 heterocycles. The number of nitrogens with one attached hydrogen (secondary N) is 2. The highest BCUT2D eigenvalue weighted by molar-refractivity contribution is 5.79. The lowest BCUT2D eigenvalue weighted by molar-refractivity contribution is 0.0378. The van der Waals surface area contributed by atoms with E-state index in [1.807, 2.05) is 62.4 Å².